The first-order chi connectivity index (χ1) is 8.72. The van der Waals surface area contributed by atoms with E-state index in [-0.39, 0.29) is 0 Å². The van der Waals surface area contributed by atoms with E-state index in [1.165, 1.54) is 17.7 Å². The Morgan fingerprint density at radius 1 is 1.33 bits per heavy atom. The molecule has 18 heavy (non-hydrogen) atoms. The smallest absolute Gasteiger partial charge is 0.231 e. The number of thioether (sulfide) groups is 1. The molecular formula is C14H19NO2S. The highest BCUT2D eigenvalue weighted by Crippen LogP contribution is 2.35. The Labute approximate surface area is 112 Å². The standard InChI is InChI=1S/C14H19NO2S/c1-9-5-12(7-18-9)15-10(2)11-3-4-13-14(6-11)17-8-16-13/h3-4,6,9-10,12,15H,5,7-8H2,1-2H3. The van der Waals surface area contributed by atoms with Gasteiger partial charge in [0.2, 0.25) is 6.79 Å². The number of hydrogen-bond donors (Lipinski definition) is 1. The number of fused-ring (bicyclic) bond motifs is 1. The number of hydrogen-bond acceptors (Lipinski definition) is 4. The Hall–Kier alpha value is -0.870. The lowest BCUT2D eigenvalue weighted by Crippen LogP contribution is -2.31. The second-order valence-electron chi connectivity index (χ2n) is 5.08. The molecule has 0 aromatic heterocycles. The molecule has 2 heterocycles. The molecule has 1 saturated heterocycles. The van der Waals surface area contributed by atoms with Gasteiger partial charge in [0.05, 0.1) is 0 Å². The Balaban J connectivity index is 1.67. The molecule has 2 aliphatic rings. The van der Waals surface area contributed by atoms with Crippen LogP contribution in [-0.4, -0.2) is 23.8 Å². The van der Waals surface area contributed by atoms with Crippen molar-refractivity contribution in [3.05, 3.63) is 23.8 Å². The zero-order valence-electron chi connectivity index (χ0n) is 10.8. The van der Waals surface area contributed by atoms with E-state index in [4.69, 9.17) is 9.47 Å². The summed E-state index contributed by atoms with van der Waals surface area (Å²) in [5.74, 6) is 2.95. The average molecular weight is 265 g/mol. The van der Waals surface area contributed by atoms with Crippen molar-refractivity contribution in [2.75, 3.05) is 12.5 Å². The summed E-state index contributed by atoms with van der Waals surface area (Å²) in [6, 6.07) is 7.20. The lowest BCUT2D eigenvalue weighted by atomic mass is 10.1. The lowest BCUT2D eigenvalue weighted by Gasteiger charge is -2.19. The van der Waals surface area contributed by atoms with Gasteiger partial charge >= 0.3 is 0 Å². The van der Waals surface area contributed by atoms with Crippen molar-refractivity contribution >= 4 is 11.8 Å². The van der Waals surface area contributed by atoms with Crippen LogP contribution in [-0.2, 0) is 0 Å². The Bertz CT molecular complexity index is 438. The molecule has 2 aliphatic heterocycles. The monoisotopic (exact) mass is 265 g/mol. The zero-order chi connectivity index (χ0) is 12.5. The van der Waals surface area contributed by atoms with Crippen LogP contribution < -0.4 is 14.8 Å². The fourth-order valence-corrected chi connectivity index (χ4v) is 3.73. The molecule has 0 spiro atoms. The second kappa shape index (κ2) is 5.02. The van der Waals surface area contributed by atoms with Gasteiger partial charge in [0.15, 0.2) is 11.5 Å². The van der Waals surface area contributed by atoms with Crippen LogP contribution in [0, 0.1) is 0 Å². The minimum absolute atomic E-state index is 0.345. The molecule has 98 valence electrons. The molecule has 3 nitrogen and oxygen atoms in total. The average Bonchev–Trinajstić information content (AvgIpc) is 2.96. The third-order valence-corrected chi connectivity index (χ3v) is 4.94. The topological polar surface area (TPSA) is 30.5 Å². The van der Waals surface area contributed by atoms with E-state index >= 15 is 0 Å². The van der Waals surface area contributed by atoms with Crippen molar-refractivity contribution in [2.45, 2.75) is 37.6 Å². The maximum absolute atomic E-state index is 5.42. The highest BCUT2D eigenvalue weighted by atomic mass is 32.2. The maximum Gasteiger partial charge on any atom is 0.231 e. The number of benzene rings is 1. The van der Waals surface area contributed by atoms with Crippen molar-refractivity contribution in [3.8, 4) is 11.5 Å². The maximum atomic E-state index is 5.42. The van der Waals surface area contributed by atoms with Gasteiger partial charge in [0.1, 0.15) is 0 Å². The summed E-state index contributed by atoms with van der Waals surface area (Å²) < 4.78 is 10.8. The van der Waals surface area contributed by atoms with Gasteiger partial charge in [-0.05, 0) is 31.0 Å². The van der Waals surface area contributed by atoms with E-state index in [2.05, 4.69) is 43.1 Å². The van der Waals surface area contributed by atoms with Crippen LogP contribution in [0.3, 0.4) is 0 Å². The molecular weight excluding hydrogens is 246 g/mol. The van der Waals surface area contributed by atoms with Crippen LogP contribution in [0.5, 0.6) is 11.5 Å². The van der Waals surface area contributed by atoms with Crippen LogP contribution in [0.15, 0.2) is 18.2 Å². The summed E-state index contributed by atoms with van der Waals surface area (Å²) >= 11 is 2.06. The van der Waals surface area contributed by atoms with Gasteiger partial charge < -0.3 is 14.8 Å². The van der Waals surface area contributed by atoms with Crippen molar-refractivity contribution in [2.24, 2.45) is 0 Å². The summed E-state index contributed by atoms with van der Waals surface area (Å²) in [5, 5.41) is 4.48. The third kappa shape index (κ3) is 2.45. The largest absolute Gasteiger partial charge is 0.454 e. The van der Waals surface area contributed by atoms with E-state index in [0.717, 1.165) is 16.7 Å². The van der Waals surface area contributed by atoms with E-state index in [1.54, 1.807) is 0 Å². The highest BCUT2D eigenvalue weighted by Gasteiger charge is 2.24. The summed E-state index contributed by atoms with van der Waals surface area (Å²) in [7, 11) is 0. The van der Waals surface area contributed by atoms with Crippen molar-refractivity contribution in [3.63, 3.8) is 0 Å². The minimum Gasteiger partial charge on any atom is -0.454 e. The molecule has 0 saturated carbocycles. The SMILES string of the molecule is CC1CC(NC(C)c2ccc3c(c2)OCO3)CS1. The predicted octanol–water partition coefficient (Wildman–Crippen LogP) is 2.96. The number of ether oxygens (including phenoxy) is 2. The predicted molar refractivity (Wildman–Crippen MR) is 74.4 cm³/mol. The van der Waals surface area contributed by atoms with E-state index in [0.29, 0.717) is 18.9 Å². The van der Waals surface area contributed by atoms with E-state index in [1.807, 2.05) is 6.07 Å². The molecule has 1 fully saturated rings. The van der Waals surface area contributed by atoms with Crippen molar-refractivity contribution in [1.29, 1.82) is 0 Å². The van der Waals surface area contributed by atoms with Crippen LogP contribution in [0.2, 0.25) is 0 Å². The summed E-state index contributed by atoms with van der Waals surface area (Å²) in [4.78, 5) is 0. The number of nitrogens with one attached hydrogen (secondary N) is 1. The molecule has 0 bridgehead atoms. The molecule has 0 radical (unpaired) electrons. The first kappa shape index (κ1) is 12.2. The van der Waals surface area contributed by atoms with Crippen LogP contribution in [0.25, 0.3) is 0 Å². The summed E-state index contributed by atoms with van der Waals surface area (Å²) in [6.07, 6.45) is 1.26. The van der Waals surface area contributed by atoms with Crippen LogP contribution in [0.1, 0.15) is 31.9 Å². The van der Waals surface area contributed by atoms with Gasteiger partial charge in [-0.25, -0.2) is 0 Å². The van der Waals surface area contributed by atoms with Crippen LogP contribution in [0.4, 0.5) is 0 Å². The molecule has 3 rings (SSSR count). The van der Waals surface area contributed by atoms with E-state index in [9.17, 15) is 0 Å². The van der Waals surface area contributed by atoms with Gasteiger partial charge in [-0.1, -0.05) is 13.0 Å². The quantitative estimate of drug-likeness (QED) is 0.910. The molecule has 3 atom stereocenters. The van der Waals surface area contributed by atoms with Gasteiger partial charge in [-0.15, -0.1) is 0 Å². The van der Waals surface area contributed by atoms with Gasteiger partial charge in [-0.3, -0.25) is 0 Å². The molecule has 0 aliphatic carbocycles. The molecule has 1 aromatic carbocycles. The molecule has 0 amide bonds. The van der Waals surface area contributed by atoms with Gasteiger partial charge in [-0.2, -0.15) is 11.8 Å². The summed E-state index contributed by atoms with van der Waals surface area (Å²) in [5.41, 5.74) is 1.27. The van der Waals surface area contributed by atoms with Crippen LogP contribution >= 0.6 is 11.8 Å². The molecule has 1 aromatic rings. The Morgan fingerprint density at radius 2 is 2.17 bits per heavy atom. The van der Waals surface area contributed by atoms with E-state index < -0.39 is 0 Å². The fraction of sp³-hybridized carbons (Fsp3) is 0.571. The lowest BCUT2D eigenvalue weighted by molar-refractivity contribution is 0.174. The van der Waals surface area contributed by atoms with Gasteiger partial charge in [0, 0.05) is 23.1 Å². The van der Waals surface area contributed by atoms with Gasteiger partial charge in [0.25, 0.3) is 0 Å². The Kier molecular flexibility index (Phi) is 3.39. The molecule has 1 N–H and O–H groups in total. The zero-order valence-corrected chi connectivity index (χ0v) is 11.6. The first-order valence-corrected chi connectivity index (χ1v) is 7.54. The fourth-order valence-electron chi connectivity index (χ4n) is 2.57. The van der Waals surface area contributed by atoms with Crippen molar-refractivity contribution < 1.29 is 9.47 Å². The second-order valence-corrected chi connectivity index (χ2v) is 6.55. The van der Waals surface area contributed by atoms with Crippen molar-refractivity contribution in [1.82, 2.24) is 5.32 Å². The first-order valence-electron chi connectivity index (χ1n) is 6.49. The summed E-state index contributed by atoms with van der Waals surface area (Å²) in [6.45, 7) is 4.86. The molecule has 4 heteroatoms. The Morgan fingerprint density at radius 3 is 2.94 bits per heavy atom. The number of rotatable bonds is 3. The third-order valence-electron chi connectivity index (χ3n) is 3.58. The normalized spacial score (nSPS) is 27.4. The molecule has 3 unspecified atom stereocenters. The highest BCUT2D eigenvalue weighted by molar-refractivity contribution is 8.00. The minimum atomic E-state index is 0.345.